The molecule has 22 heavy (non-hydrogen) atoms. The van der Waals surface area contributed by atoms with Crippen LogP contribution in [0.25, 0.3) is 0 Å². The second kappa shape index (κ2) is 5.44. The van der Waals surface area contributed by atoms with Gasteiger partial charge < -0.3 is 20.1 Å². The van der Waals surface area contributed by atoms with Crippen LogP contribution < -0.4 is 5.32 Å². The highest BCUT2D eigenvalue weighted by Crippen LogP contribution is 2.40. The van der Waals surface area contributed by atoms with Crippen LogP contribution in [0.1, 0.15) is 40.5 Å². The SMILES string of the molecule is CC1CC1C(=O)N1CCC(NC(=O)OC(C)(C)C)(C(=O)O)C1. The average Bonchev–Trinajstić information content (AvgIpc) is 2.92. The molecule has 2 amide bonds. The van der Waals surface area contributed by atoms with Crippen molar-refractivity contribution in [3.63, 3.8) is 0 Å². The Balaban J connectivity index is 2.03. The van der Waals surface area contributed by atoms with Crippen molar-refractivity contribution >= 4 is 18.0 Å². The Hall–Kier alpha value is -1.79. The summed E-state index contributed by atoms with van der Waals surface area (Å²) in [5.41, 5.74) is -2.17. The highest BCUT2D eigenvalue weighted by molar-refractivity contribution is 5.88. The van der Waals surface area contributed by atoms with E-state index in [1.807, 2.05) is 6.92 Å². The molecule has 0 bridgehead atoms. The molecule has 124 valence electrons. The van der Waals surface area contributed by atoms with E-state index in [2.05, 4.69) is 5.32 Å². The van der Waals surface area contributed by atoms with Crippen molar-refractivity contribution in [1.29, 1.82) is 0 Å². The lowest BCUT2D eigenvalue weighted by Crippen LogP contribution is -2.57. The number of carbonyl (C=O) groups excluding carboxylic acids is 2. The standard InChI is InChI=1S/C15H24N2O5/c1-9-7-10(9)11(18)17-6-5-15(8-17,12(19)20)16-13(21)22-14(2,3)4/h9-10H,5-8H2,1-4H3,(H,16,21)(H,19,20). The lowest BCUT2D eigenvalue weighted by atomic mass is 9.99. The van der Waals surface area contributed by atoms with Gasteiger partial charge in [0.1, 0.15) is 5.60 Å². The minimum Gasteiger partial charge on any atom is -0.479 e. The number of hydrogen-bond donors (Lipinski definition) is 2. The van der Waals surface area contributed by atoms with E-state index in [1.165, 1.54) is 0 Å². The van der Waals surface area contributed by atoms with Crippen LogP contribution in [0.15, 0.2) is 0 Å². The maximum absolute atomic E-state index is 12.2. The van der Waals surface area contributed by atoms with Crippen LogP contribution in [-0.2, 0) is 14.3 Å². The Morgan fingerprint density at radius 2 is 1.91 bits per heavy atom. The van der Waals surface area contributed by atoms with Gasteiger partial charge in [0.15, 0.2) is 5.54 Å². The van der Waals surface area contributed by atoms with Gasteiger partial charge >= 0.3 is 12.1 Å². The minimum absolute atomic E-state index is 0.00567. The summed E-state index contributed by atoms with van der Waals surface area (Å²) in [6.07, 6.45) is 0.271. The van der Waals surface area contributed by atoms with Crippen LogP contribution >= 0.6 is 0 Å². The fourth-order valence-electron chi connectivity index (χ4n) is 2.73. The number of likely N-dealkylation sites (tertiary alicyclic amines) is 1. The molecular weight excluding hydrogens is 288 g/mol. The molecule has 3 atom stereocenters. The Morgan fingerprint density at radius 1 is 1.32 bits per heavy atom. The Labute approximate surface area is 130 Å². The van der Waals surface area contributed by atoms with Gasteiger partial charge in [0.05, 0.1) is 6.54 Å². The molecule has 3 unspecified atom stereocenters. The second-order valence-electron chi connectivity index (χ2n) is 7.34. The van der Waals surface area contributed by atoms with Crippen LogP contribution in [0, 0.1) is 11.8 Å². The summed E-state index contributed by atoms with van der Waals surface area (Å²) >= 11 is 0. The molecule has 0 spiro atoms. The Kier molecular flexibility index (Phi) is 4.10. The first-order chi connectivity index (χ1) is 10.0. The number of amides is 2. The molecule has 2 rings (SSSR count). The number of ether oxygens (including phenoxy) is 1. The molecule has 1 saturated carbocycles. The highest BCUT2D eigenvalue weighted by atomic mass is 16.6. The molecule has 2 aliphatic rings. The van der Waals surface area contributed by atoms with E-state index in [0.717, 1.165) is 6.42 Å². The fourth-order valence-corrected chi connectivity index (χ4v) is 2.73. The van der Waals surface area contributed by atoms with E-state index in [-0.39, 0.29) is 24.8 Å². The molecular formula is C15H24N2O5. The van der Waals surface area contributed by atoms with Crippen molar-refractivity contribution in [3.05, 3.63) is 0 Å². The highest BCUT2D eigenvalue weighted by Gasteiger charge is 2.51. The molecule has 2 fully saturated rings. The molecule has 1 aliphatic carbocycles. The summed E-state index contributed by atoms with van der Waals surface area (Å²) in [5, 5.41) is 12.0. The molecule has 1 heterocycles. The van der Waals surface area contributed by atoms with E-state index >= 15 is 0 Å². The largest absolute Gasteiger partial charge is 0.479 e. The summed E-state index contributed by atoms with van der Waals surface area (Å²) in [4.78, 5) is 37.3. The molecule has 0 radical (unpaired) electrons. The summed E-state index contributed by atoms with van der Waals surface area (Å²) in [6.45, 7) is 7.45. The summed E-state index contributed by atoms with van der Waals surface area (Å²) < 4.78 is 5.13. The predicted molar refractivity (Wildman–Crippen MR) is 78.2 cm³/mol. The van der Waals surface area contributed by atoms with Gasteiger partial charge in [-0.05, 0) is 33.1 Å². The van der Waals surface area contributed by atoms with Gasteiger partial charge in [-0.2, -0.15) is 0 Å². The summed E-state index contributed by atoms with van der Waals surface area (Å²) in [5.74, 6) is -0.781. The van der Waals surface area contributed by atoms with Crippen molar-refractivity contribution < 1.29 is 24.2 Å². The van der Waals surface area contributed by atoms with Gasteiger partial charge in [-0.15, -0.1) is 0 Å². The summed E-state index contributed by atoms with van der Waals surface area (Å²) in [6, 6.07) is 0. The molecule has 1 saturated heterocycles. The van der Waals surface area contributed by atoms with Crippen molar-refractivity contribution in [3.8, 4) is 0 Å². The lowest BCUT2D eigenvalue weighted by Gasteiger charge is -2.28. The van der Waals surface area contributed by atoms with E-state index < -0.39 is 23.2 Å². The maximum Gasteiger partial charge on any atom is 0.408 e. The van der Waals surface area contributed by atoms with E-state index in [0.29, 0.717) is 12.5 Å². The van der Waals surface area contributed by atoms with E-state index in [1.54, 1.807) is 25.7 Å². The smallest absolute Gasteiger partial charge is 0.408 e. The molecule has 0 aromatic carbocycles. The first-order valence-corrected chi connectivity index (χ1v) is 7.57. The van der Waals surface area contributed by atoms with E-state index in [9.17, 15) is 19.5 Å². The summed E-state index contributed by atoms with van der Waals surface area (Å²) in [7, 11) is 0. The van der Waals surface area contributed by atoms with Gasteiger partial charge in [0, 0.05) is 18.9 Å². The topological polar surface area (TPSA) is 95.9 Å². The molecule has 1 aliphatic heterocycles. The number of nitrogens with one attached hydrogen (secondary N) is 1. The number of alkyl carbamates (subject to hydrolysis) is 1. The van der Waals surface area contributed by atoms with Crippen LogP contribution in [0.5, 0.6) is 0 Å². The van der Waals surface area contributed by atoms with E-state index in [4.69, 9.17) is 4.74 Å². The number of hydrogen-bond acceptors (Lipinski definition) is 4. The van der Waals surface area contributed by atoms with Crippen molar-refractivity contribution in [1.82, 2.24) is 10.2 Å². The molecule has 0 aromatic rings. The van der Waals surface area contributed by atoms with Crippen molar-refractivity contribution in [2.75, 3.05) is 13.1 Å². The van der Waals surface area contributed by atoms with Gasteiger partial charge in [-0.25, -0.2) is 9.59 Å². The molecule has 0 aromatic heterocycles. The zero-order valence-electron chi connectivity index (χ0n) is 13.5. The zero-order chi connectivity index (χ0) is 16.7. The van der Waals surface area contributed by atoms with Crippen molar-refractivity contribution in [2.24, 2.45) is 11.8 Å². The lowest BCUT2D eigenvalue weighted by molar-refractivity contribution is -0.144. The normalized spacial score (nSPS) is 30.8. The third-order valence-corrected chi connectivity index (χ3v) is 4.16. The van der Waals surface area contributed by atoms with Crippen LogP contribution in [-0.4, -0.2) is 52.2 Å². The first kappa shape index (κ1) is 16.6. The van der Waals surface area contributed by atoms with Crippen LogP contribution in [0.3, 0.4) is 0 Å². The third kappa shape index (κ3) is 3.51. The maximum atomic E-state index is 12.2. The Morgan fingerprint density at radius 3 is 2.36 bits per heavy atom. The van der Waals surface area contributed by atoms with Gasteiger partial charge in [0.25, 0.3) is 0 Å². The minimum atomic E-state index is -1.46. The fraction of sp³-hybridized carbons (Fsp3) is 0.800. The van der Waals surface area contributed by atoms with Gasteiger partial charge in [-0.1, -0.05) is 6.92 Å². The number of carbonyl (C=O) groups is 3. The molecule has 7 nitrogen and oxygen atoms in total. The number of carboxylic acids is 1. The third-order valence-electron chi connectivity index (χ3n) is 4.16. The monoisotopic (exact) mass is 312 g/mol. The second-order valence-corrected chi connectivity index (χ2v) is 7.34. The Bertz CT molecular complexity index is 499. The average molecular weight is 312 g/mol. The predicted octanol–water partition coefficient (Wildman–Crippen LogP) is 1.22. The molecule has 7 heteroatoms. The number of nitrogens with zero attached hydrogens (tertiary/aromatic N) is 1. The van der Waals surface area contributed by atoms with Gasteiger partial charge in [-0.3, -0.25) is 4.79 Å². The molecule has 2 N–H and O–H groups in total. The quantitative estimate of drug-likeness (QED) is 0.817. The number of carboxylic acid groups (broad SMARTS) is 1. The van der Waals surface area contributed by atoms with Crippen molar-refractivity contribution in [2.45, 2.75) is 51.7 Å². The van der Waals surface area contributed by atoms with Crippen LogP contribution in [0.2, 0.25) is 0 Å². The number of aliphatic carboxylic acids is 1. The zero-order valence-corrected chi connectivity index (χ0v) is 13.5. The van der Waals surface area contributed by atoms with Crippen LogP contribution in [0.4, 0.5) is 4.79 Å². The first-order valence-electron chi connectivity index (χ1n) is 7.57. The number of rotatable bonds is 3. The van der Waals surface area contributed by atoms with Gasteiger partial charge in [0.2, 0.25) is 5.91 Å².